The van der Waals surface area contributed by atoms with E-state index in [0.29, 0.717) is 13.0 Å². The molecule has 1 aliphatic carbocycles. The molecule has 1 fully saturated rings. The number of carbonyl (C=O) groups excluding carboxylic acids is 1. The molecule has 0 amide bonds. The van der Waals surface area contributed by atoms with Gasteiger partial charge in [0.05, 0.1) is 12.5 Å². The van der Waals surface area contributed by atoms with Crippen molar-refractivity contribution in [1.29, 1.82) is 0 Å². The summed E-state index contributed by atoms with van der Waals surface area (Å²) in [5.74, 6) is 1.61. The van der Waals surface area contributed by atoms with Crippen molar-refractivity contribution in [3.05, 3.63) is 35.4 Å². The molecule has 0 bridgehead atoms. The highest BCUT2D eigenvalue weighted by Crippen LogP contribution is 2.55. The summed E-state index contributed by atoms with van der Waals surface area (Å²) >= 11 is 0. The molecular formula is C24H32N2O5. The Bertz CT molecular complexity index is 866. The molecule has 7 heteroatoms. The van der Waals surface area contributed by atoms with Gasteiger partial charge in [0, 0.05) is 25.1 Å². The maximum Gasteiger partial charge on any atom is 0.508 e. The van der Waals surface area contributed by atoms with Crippen molar-refractivity contribution >= 4 is 6.16 Å². The molecule has 3 atom stereocenters. The minimum atomic E-state index is -0.598. The fraction of sp³-hybridized carbons (Fsp3) is 0.625. The predicted molar refractivity (Wildman–Crippen MR) is 116 cm³/mol. The van der Waals surface area contributed by atoms with Gasteiger partial charge in [0.25, 0.3) is 0 Å². The van der Waals surface area contributed by atoms with Crippen LogP contribution >= 0.6 is 0 Å². The van der Waals surface area contributed by atoms with Gasteiger partial charge in [-0.2, -0.15) is 0 Å². The molecule has 7 nitrogen and oxygen atoms in total. The van der Waals surface area contributed by atoms with Crippen molar-refractivity contribution < 1.29 is 23.7 Å². The number of rotatable bonds is 5. The Kier molecular flexibility index (Phi) is 5.56. The first kappa shape index (κ1) is 20.6. The smallest absolute Gasteiger partial charge is 0.493 e. The van der Waals surface area contributed by atoms with Gasteiger partial charge < -0.3 is 23.8 Å². The molecule has 0 radical (unpaired) electrons. The minimum absolute atomic E-state index is 0.0866. The standard InChI is InChI=1S/C24H32N2O5/c1-25-12-9-24-8-7-18(30-23(27)29-14-13-26-10-3-4-11-26)15-20(24)31-22-19(28-2)6-5-17(16-25)21(22)24/h5-8,18,20H,3-4,9-16H2,1-2H3/t18-,20-,24?/m0/s1. The number of likely N-dealkylation sites (tertiary alicyclic amines) is 1. The van der Waals surface area contributed by atoms with Gasteiger partial charge in [-0.25, -0.2) is 4.79 Å². The van der Waals surface area contributed by atoms with Crippen molar-refractivity contribution in [2.45, 2.75) is 49.9 Å². The van der Waals surface area contributed by atoms with E-state index in [2.05, 4.69) is 29.0 Å². The number of carbonyl (C=O) groups is 1. The zero-order valence-electron chi connectivity index (χ0n) is 18.5. The van der Waals surface area contributed by atoms with Crippen LogP contribution in [0.25, 0.3) is 0 Å². The third-order valence-electron chi connectivity index (χ3n) is 7.20. The lowest BCUT2D eigenvalue weighted by atomic mass is 9.69. The predicted octanol–water partition coefficient (Wildman–Crippen LogP) is 3.11. The molecule has 168 valence electrons. The molecular weight excluding hydrogens is 396 g/mol. The van der Waals surface area contributed by atoms with Gasteiger partial charge in [-0.1, -0.05) is 12.1 Å². The van der Waals surface area contributed by atoms with Gasteiger partial charge in [0.2, 0.25) is 0 Å². The molecule has 5 rings (SSSR count). The molecule has 0 aromatic heterocycles. The Morgan fingerprint density at radius 1 is 1.26 bits per heavy atom. The van der Waals surface area contributed by atoms with Crippen molar-refractivity contribution in [1.82, 2.24) is 9.80 Å². The maximum absolute atomic E-state index is 12.2. The van der Waals surface area contributed by atoms with E-state index in [0.717, 1.165) is 50.6 Å². The largest absolute Gasteiger partial charge is 0.508 e. The first-order valence-electron chi connectivity index (χ1n) is 11.4. The highest BCUT2D eigenvalue weighted by atomic mass is 16.7. The Hall–Kier alpha value is -2.25. The van der Waals surface area contributed by atoms with Crippen molar-refractivity contribution in [2.75, 3.05) is 46.9 Å². The van der Waals surface area contributed by atoms with E-state index >= 15 is 0 Å². The Morgan fingerprint density at radius 2 is 2.10 bits per heavy atom. The van der Waals surface area contributed by atoms with Gasteiger partial charge in [-0.05, 0) is 63.7 Å². The average molecular weight is 429 g/mol. The molecule has 1 unspecified atom stereocenters. The van der Waals surface area contributed by atoms with Crippen LogP contribution in [0.5, 0.6) is 11.5 Å². The minimum Gasteiger partial charge on any atom is -0.493 e. The van der Waals surface area contributed by atoms with Crippen LogP contribution in [0.3, 0.4) is 0 Å². The molecule has 31 heavy (non-hydrogen) atoms. The van der Waals surface area contributed by atoms with Crippen molar-refractivity contribution in [3.8, 4) is 11.5 Å². The van der Waals surface area contributed by atoms with Crippen LogP contribution in [0.2, 0.25) is 0 Å². The summed E-state index contributed by atoms with van der Waals surface area (Å²) in [6.07, 6.45) is 7.22. The number of ether oxygens (including phenoxy) is 4. The molecule has 0 saturated carbocycles. The highest BCUT2D eigenvalue weighted by Gasteiger charge is 2.53. The summed E-state index contributed by atoms with van der Waals surface area (Å²) in [6, 6.07) is 4.15. The molecule has 0 N–H and O–H groups in total. The summed E-state index contributed by atoms with van der Waals surface area (Å²) in [6.45, 7) is 5.19. The van der Waals surface area contributed by atoms with E-state index in [1.54, 1.807) is 7.11 Å². The fourth-order valence-electron chi connectivity index (χ4n) is 5.57. The number of methoxy groups -OCH3 is 1. The molecule has 1 spiro atoms. The second kappa shape index (κ2) is 8.36. The third kappa shape index (κ3) is 3.78. The monoisotopic (exact) mass is 428 g/mol. The second-order valence-electron chi connectivity index (χ2n) is 9.16. The highest BCUT2D eigenvalue weighted by molar-refractivity contribution is 5.62. The van der Waals surface area contributed by atoms with Crippen LogP contribution in [-0.4, -0.2) is 75.1 Å². The lowest BCUT2D eigenvalue weighted by Crippen LogP contribution is -2.43. The van der Waals surface area contributed by atoms with Gasteiger partial charge in [-0.3, -0.25) is 4.90 Å². The molecule has 4 aliphatic rings. The van der Waals surface area contributed by atoms with E-state index in [1.807, 2.05) is 12.1 Å². The quantitative estimate of drug-likeness (QED) is 0.528. The SMILES string of the molecule is COc1ccc2c3c1O[C@H]1C[C@@H](OC(=O)OCCN4CCCC4)C=CC31CCN(C)C2. The number of hydrogen-bond acceptors (Lipinski definition) is 7. The van der Waals surface area contributed by atoms with Crippen LogP contribution in [0.4, 0.5) is 4.79 Å². The third-order valence-corrected chi connectivity index (χ3v) is 7.20. The zero-order chi connectivity index (χ0) is 21.4. The first-order chi connectivity index (χ1) is 15.1. The fourth-order valence-corrected chi connectivity index (χ4v) is 5.57. The number of hydrogen-bond donors (Lipinski definition) is 0. The molecule has 1 aromatic carbocycles. The van der Waals surface area contributed by atoms with Crippen LogP contribution < -0.4 is 9.47 Å². The van der Waals surface area contributed by atoms with Gasteiger partial charge in [0.1, 0.15) is 18.8 Å². The maximum atomic E-state index is 12.2. The Balaban J connectivity index is 1.29. The lowest BCUT2D eigenvalue weighted by Gasteiger charge is -2.36. The Morgan fingerprint density at radius 3 is 2.90 bits per heavy atom. The summed E-state index contributed by atoms with van der Waals surface area (Å²) in [7, 11) is 3.83. The summed E-state index contributed by atoms with van der Waals surface area (Å²) < 4.78 is 23.0. The lowest BCUT2D eigenvalue weighted by molar-refractivity contribution is 0.0108. The van der Waals surface area contributed by atoms with Crippen LogP contribution in [-0.2, 0) is 21.4 Å². The average Bonchev–Trinajstić information content (AvgIpc) is 3.35. The van der Waals surface area contributed by atoms with Gasteiger partial charge in [-0.15, -0.1) is 0 Å². The van der Waals surface area contributed by atoms with Crippen molar-refractivity contribution in [2.24, 2.45) is 0 Å². The van der Waals surface area contributed by atoms with Crippen LogP contribution in [0.1, 0.15) is 36.8 Å². The van der Waals surface area contributed by atoms with Gasteiger partial charge >= 0.3 is 6.16 Å². The van der Waals surface area contributed by atoms with Crippen LogP contribution in [0, 0.1) is 0 Å². The molecule has 3 heterocycles. The van der Waals surface area contributed by atoms with E-state index in [9.17, 15) is 4.79 Å². The summed E-state index contributed by atoms with van der Waals surface area (Å²) in [5, 5.41) is 0. The van der Waals surface area contributed by atoms with Crippen molar-refractivity contribution in [3.63, 3.8) is 0 Å². The summed E-state index contributed by atoms with van der Waals surface area (Å²) in [4.78, 5) is 16.9. The van der Waals surface area contributed by atoms with Crippen LogP contribution in [0.15, 0.2) is 24.3 Å². The normalized spacial score (nSPS) is 29.6. The van der Waals surface area contributed by atoms with E-state index in [1.165, 1.54) is 24.0 Å². The molecule has 1 saturated heterocycles. The van der Waals surface area contributed by atoms with E-state index in [4.69, 9.17) is 18.9 Å². The van der Waals surface area contributed by atoms with E-state index < -0.39 is 6.16 Å². The number of benzene rings is 1. The zero-order valence-corrected chi connectivity index (χ0v) is 18.5. The molecule has 1 aromatic rings. The van der Waals surface area contributed by atoms with Gasteiger partial charge in [0.15, 0.2) is 11.5 Å². The summed E-state index contributed by atoms with van der Waals surface area (Å²) in [5.41, 5.74) is 2.32. The second-order valence-corrected chi connectivity index (χ2v) is 9.16. The Labute approximate surface area is 183 Å². The number of nitrogens with zero attached hydrogens (tertiary/aromatic N) is 2. The van der Waals surface area contributed by atoms with E-state index in [-0.39, 0.29) is 17.6 Å². The first-order valence-corrected chi connectivity index (χ1v) is 11.4. The topological polar surface area (TPSA) is 60.5 Å². The molecule has 3 aliphatic heterocycles.